The fraction of sp³-hybridized carbons (Fsp3) is 0.0870. The lowest BCUT2D eigenvalue weighted by molar-refractivity contribution is -0.140. The minimum absolute atomic E-state index is 0.0171. The molecule has 2 aromatic carbocycles. The van der Waals surface area contributed by atoms with Gasteiger partial charge in [0, 0.05) is 22.3 Å². The fourth-order valence-corrected chi connectivity index (χ4v) is 3.71. The zero-order valence-electron chi connectivity index (χ0n) is 15.6. The third kappa shape index (κ3) is 3.57. The summed E-state index contributed by atoms with van der Waals surface area (Å²) in [6.45, 7) is -0.0171. The number of Topliss-reactive ketones (excluding diaryl/α,β-unsaturated/α-hetero) is 1. The molecule has 5 nitrogen and oxygen atoms in total. The normalized spacial score (nSPS) is 18.1. The number of pyridine rings is 1. The molecule has 7 heteroatoms. The second-order valence-corrected chi connectivity index (χ2v) is 7.22. The maximum atomic E-state index is 14.7. The van der Waals surface area contributed by atoms with E-state index in [0.717, 1.165) is 0 Å². The van der Waals surface area contributed by atoms with E-state index < -0.39 is 29.3 Å². The van der Waals surface area contributed by atoms with Crippen LogP contribution in [0.2, 0.25) is 5.02 Å². The monoisotopic (exact) mass is 422 g/mol. The molecular weight excluding hydrogens is 407 g/mol. The van der Waals surface area contributed by atoms with Crippen molar-refractivity contribution in [1.29, 1.82) is 0 Å². The first kappa shape index (κ1) is 19.8. The number of ketones is 1. The van der Waals surface area contributed by atoms with Gasteiger partial charge in [0.1, 0.15) is 11.6 Å². The third-order valence-electron chi connectivity index (χ3n) is 4.90. The van der Waals surface area contributed by atoms with E-state index in [1.165, 1.54) is 29.2 Å². The Morgan fingerprint density at radius 3 is 2.53 bits per heavy atom. The van der Waals surface area contributed by atoms with Crippen molar-refractivity contribution in [2.45, 2.75) is 12.6 Å². The van der Waals surface area contributed by atoms with E-state index in [0.29, 0.717) is 10.7 Å². The average Bonchev–Trinajstić information content (AvgIpc) is 2.99. The molecule has 0 aliphatic carbocycles. The molecule has 1 unspecified atom stereocenters. The van der Waals surface area contributed by atoms with Gasteiger partial charge in [-0.2, -0.15) is 0 Å². The van der Waals surface area contributed by atoms with Crippen molar-refractivity contribution >= 4 is 29.1 Å². The molecule has 1 fully saturated rings. The number of rotatable bonds is 4. The Morgan fingerprint density at radius 1 is 1.07 bits per heavy atom. The number of carbonyl (C=O) groups excluding carboxylic acids is 2. The smallest absolute Gasteiger partial charge is 0.296 e. The van der Waals surface area contributed by atoms with E-state index in [1.807, 2.05) is 0 Å². The van der Waals surface area contributed by atoms with Gasteiger partial charge in [0.15, 0.2) is 0 Å². The summed E-state index contributed by atoms with van der Waals surface area (Å²) in [5.74, 6) is -2.73. The largest absolute Gasteiger partial charge is 0.507 e. The van der Waals surface area contributed by atoms with Crippen LogP contribution in [-0.2, 0) is 16.1 Å². The number of amides is 1. The van der Waals surface area contributed by atoms with Gasteiger partial charge in [0.2, 0.25) is 0 Å². The van der Waals surface area contributed by atoms with Crippen LogP contribution in [0.1, 0.15) is 22.9 Å². The van der Waals surface area contributed by atoms with Crippen molar-refractivity contribution in [1.82, 2.24) is 9.88 Å². The predicted molar refractivity (Wildman–Crippen MR) is 110 cm³/mol. The highest BCUT2D eigenvalue weighted by Crippen LogP contribution is 2.41. The molecule has 1 amide bonds. The summed E-state index contributed by atoms with van der Waals surface area (Å²) in [5.41, 5.74) is 0.711. The molecular formula is C23H16ClFN2O3. The van der Waals surface area contributed by atoms with Gasteiger partial charge < -0.3 is 10.0 Å². The van der Waals surface area contributed by atoms with Gasteiger partial charge in [-0.15, -0.1) is 0 Å². The summed E-state index contributed by atoms with van der Waals surface area (Å²) < 4.78 is 14.7. The van der Waals surface area contributed by atoms with Crippen LogP contribution in [0.3, 0.4) is 0 Å². The molecule has 1 aliphatic heterocycles. The van der Waals surface area contributed by atoms with E-state index >= 15 is 0 Å². The number of halogens is 2. The number of aliphatic hydroxyl groups is 1. The number of likely N-dealkylation sites (tertiary alicyclic amines) is 1. The Kier molecular flexibility index (Phi) is 5.33. The second-order valence-electron chi connectivity index (χ2n) is 6.78. The molecule has 1 aliphatic rings. The van der Waals surface area contributed by atoms with Crippen LogP contribution in [0, 0.1) is 5.82 Å². The molecule has 1 saturated heterocycles. The topological polar surface area (TPSA) is 70.5 Å². The zero-order chi connectivity index (χ0) is 21.3. The lowest BCUT2D eigenvalue weighted by Gasteiger charge is -2.25. The molecule has 30 heavy (non-hydrogen) atoms. The second kappa shape index (κ2) is 8.08. The van der Waals surface area contributed by atoms with Crippen LogP contribution in [0.25, 0.3) is 5.76 Å². The molecule has 150 valence electrons. The molecule has 0 bridgehead atoms. The van der Waals surface area contributed by atoms with Crippen molar-refractivity contribution in [2.75, 3.05) is 0 Å². The average molecular weight is 423 g/mol. The fourth-order valence-electron chi connectivity index (χ4n) is 3.52. The van der Waals surface area contributed by atoms with Gasteiger partial charge in [-0.05, 0) is 30.3 Å². The maximum absolute atomic E-state index is 14.7. The highest BCUT2D eigenvalue weighted by Gasteiger charge is 2.47. The van der Waals surface area contributed by atoms with E-state index in [2.05, 4.69) is 4.98 Å². The summed E-state index contributed by atoms with van der Waals surface area (Å²) in [6.07, 6.45) is 1.57. The molecule has 0 spiro atoms. The summed E-state index contributed by atoms with van der Waals surface area (Å²) in [4.78, 5) is 31.2. The standard InChI is InChI=1S/C23H16ClFN2O3/c24-15-7-5-6-14(12-15)21(28)19-20(17-9-1-2-10-18(17)25)27(23(30)22(19)29)13-16-8-3-4-11-26-16/h1-12,20,28H,13H2/b21-19-. The summed E-state index contributed by atoms with van der Waals surface area (Å²) in [6, 6.07) is 16.2. The lowest BCUT2D eigenvalue weighted by atomic mass is 9.95. The van der Waals surface area contributed by atoms with Gasteiger partial charge in [0.05, 0.1) is 23.9 Å². The number of benzene rings is 2. The quantitative estimate of drug-likeness (QED) is 0.382. The SMILES string of the molecule is O=C1C(=O)N(Cc2ccccn2)C(c2ccccc2F)/C1=C(/O)c1cccc(Cl)c1. The van der Waals surface area contributed by atoms with E-state index in [-0.39, 0.29) is 23.2 Å². The molecule has 2 heterocycles. The van der Waals surface area contributed by atoms with Gasteiger partial charge in [-0.1, -0.05) is 48.0 Å². The van der Waals surface area contributed by atoms with E-state index in [1.54, 1.807) is 48.7 Å². The summed E-state index contributed by atoms with van der Waals surface area (Å²) in [5, 5.41) is 11.3. The molecule has 0 radical (unpaired) electrons. The van der Waals surface area contributed by atoms with Crippen LogP contribution < -0.4 is 0 Å². The van der Waals surface area contributed by atoms with Crippen molar-refractivity contribution in [3.8, 4) is 0 Å². The summed E-state index contributed by atoms with van der Waals surface area (Å²) >= 11 is 6.01. The minimum Gasteiger partial charge on any atom is -0.507 e. The van der Waals surface area contributed by atoms with Crippen LogP contribution in [0.4, 0.5) is 4.39 Å². The predicted octanol–water partition coefficient (Wildman–Crippen LogP) is 4.50. The molecule has 3 aromatic rings. The van der Waals surface area contributed by atoms with Crippen LogP contribution >= 0.6 is 11.6 Å². The number of carbonyl (C=O) groups is 2. The number of aromatic nitrogens is 1. The molecule has 1 atom stereocenters. The van der Waals surface area contributed by atoms with Gasteiger partial charge in [0.25, 0.3) is 11.7 Å². The van der Waals surface area contributed by atoms with E-state index in [9.17, 15) is 19.1 Å². The van der Waals surface area contributed by atoms with Gasteiger partial charge in [-0.3, -0.25) is 14.6 Å². The molecule has 1 N–H and O–H groups in total. The molecule has 1 aromatic heterocycles. The zero-order valence-corrected chi connectivity index (χ0v) is 16.4. The number of nitrogens with zero attached hydrogens (tertiary/aromatic N) is 2. The van der Waals surface area contributed by atoms with Gasteiger partial charge >= 0.3 is 0 Å². The Balaban J connectivity index is 1.90. The van der Waals surface area contributed by atoms with Crippen LogP contribution in [0.15, 0.2) is 78.5 Å². The number of hydrogen-bond acceptors (Lipinski definition) is 4. The lowest BCUT2D eigenvalue weighted by Crippen LogP contribution is -2.30. The molecule has 0 saturated carbocycles. The molecule has 4 rings (SSSR count). The van der Waals surface area contributed by atoms with Crippen molar-refractivity contribution in [3.63, 3.8) is 0 Å². The number of hydrogen-bond donors (Lipinski definition) is 1. The summed E-state index contributed by atoms with van der Waals surface area (Å²) in [7, 11) is 0. The highest BCUT2D eigenvalue weighted by atomic mass is 35.5. The first-order chi connectivity index (χ1) is 14.5. The van der Waals surface area contributed by atoms with Crippen molar-refractivity contribution in [3.05, 3.63) is 106 Å². The Morgan fingerprint density at radius 2 is 1.83 bits per heavy atom. The third-order valence-corrected chi connectivity index (χ3v) is 5.13. The van der Waals surface area contributed by atoms with Crippen LogP contribution in [0.5, 0.6) is 0 Å². The van der Waals surface area contributed by atoms with Crippen LogP contribution in [-0.4, -0.2) is 26.7 Å². The van der Waals surface area contributed by atoms with Crippen molar-refractivity contribution in [2.24, 2.45) is 0 Å². The van der Waals surface area contributed by atoms with Gasteiger partial charge in [-0.25, -0.2) is 4.39 Å². The Labute approximate surface area is 177 Å². The Hall–Kier alpha value is -3.51. The highest BCUT2D eigenvalue weighted by molar-refractivity contribution is 6.46. The first-order valence-electron chi connectivity index (χ1n) is 9.16. The first-order valence-corrected chi connectivity index (χ1v) is 9.54. The number of aliphatic hydroxyl groups excluding tert-OH is 1. The van der Waals surface area contributed by atoms with Crippen molar-refractivity contribution < 1.29 is 19.1 Å². The minimum atomic E-state index is -1.10. The Bertz CT molecular complexity index is 1160. The maximum Gasteiger partial charge on any atom is 0.296 e. The van der Waals surface area contributed by atoms with E-state index in [4.69, 9.17) is 11.6 Å².